The van der Waals surface area contributed by atoms with Gasteiger partial charge in [-0.2, -0.15) is 0 Å². The van der Waals surface area contributed by atoms with Crippen molar-refractivity contribution in [3.63, 3.8) is 0 Å². The summed E-state index contributed by atoms with van der Waals surface area (Å²) in [5, 5.41) is 7.46. The summed E-state index contributed by atoms with van der Waals surface area (Å²) in [4.78, 5) is 18.0. The van der Waals surface area contributed by atoms with Crippen molar-refractivity contribution in [2.24, 2.45) is 4.99 Å². The molecule has 0 bridgehead atoms. The molecule has 7 heteroatoms. The summed E-state index contributed by atoms with van der Waals surface area (Å²) < 4.78 is 0. The molecule has 1 saturated heterocycles. The Labute approximate surface area is 194 Å². The lowest BCUT2D eigenvalue weighted by molar-refractivity contribution is -0.128. The van der Waals surface area contributed by atoms with E-state index in [1.807, 2.05) is 35.2 Å². The maximum Gasteiger partial charge on any atom is 0.222 e. The van der Waals surface area contributed by atoms with Crippen LogP contribution in [0.4, 0.5) is 0 Å². The number of nitrogens with zero attached hydrogens (tertiary/aromatic N) is 2. The van der Waals surface area contributed by atoms with E-state index in [0.717, 1.165) is 53.6 Å². The number of benzene rings is 2. The second-order valence-corrected chi connectivity index (χ2v) is 7.34. The van der Waals surface area contributed by atoms with Gasteiger partial charge >= 0.3 is 0 Å². The first-order chi connectivity index (χ1) is 13.7. The third-order valence-corrected chi connectivity index (χ3v) is 5.23. The number of carbonyl (C=O) groups excluding carboxylic acids is 1. The van der Waals surface area contributed by atoms with E-state index in [9.17, 15) is 4.79 Å². The standard InChI is InChI=1S/C22H27ClN4O.HI/c1-24-22(25-12-11-19-8-2-3-9-20(19)23)26-15-17-6-4-7-18(14-17)16-27-13-5-10-21(27)28;/h2-4,6-9,14H,5,10-13,15-16H2,1H3,(H2,24,25,26);1H. The highest BCUT2D eigenvalue weighted by atomic mass is 127. The van der Waals surface area contributed by atoms with E-state index < -0.39 is 0 Å². The Morgan fingerprint density at radius 2 is 1.93 bits per heavy atom. The molecule has 0 radical (unpaired) electrons. The second-order valence-electron chi connectivity index (χ2n) is 6.93. The van der Waals surface area contributed by atoms with Crippen molar-refractivity contribution < 1.29 is 4.79 Å². The summed E-state index contributed by atoms with van der Waals surface area (Å²) in [6, 6.07) is 16.2. The number of amides is 1. The van der Waals surface area contributed by atoms with Crippen LogP contribution in [-0.4, -0.2) is 36.9 Å². The van der Waals surface area contributed by atoms with Gasteiger partial charge in [-0.3, -0.25) is 9.79 Å². The summed E-state index contributed by atoms with van der Waals surface area (Å²) in [5.74, 6) is 1.01. The Bertz CT molecular complexity index is 843. The lowest BCUT2D eigenvalue weighted by Crippen LogP contribution is -2.37. The molecule has 1 aliphatic rings. The second kappa shape index (κ2) is 12.0. The van der Waals surface area contributed by atoms with Crippen molar-refractivity contribution in [2.75, 3.05) is 20.1 Å². The van der Waals surface area contributed by atoms with Crippen molar-refractivity contribution in [2.45, 2.75) is 32.4 Å². The molecule has 0 atom stereocenters. The third kappa shape index (κ3) is 7.19. The molecule has 29 heavy (non-hydrogen) atoms. The number of hydrogen-bond donors (Lipinski definition) is 2. The monoisotopic (exact) mass is 526 g/mol. The van der Waals surface area contributed by atoms with Crippen LogP contribution < -0.4 is 10.6 Å². The lowest BCUT2D eigenvalue weighted by atomic mass is 10.1. The van der Waals surface area contributed by atoms with Gasteiger partial charge in [0, 0.05) is 44.7 Å². The minimum atomic E-state index is 0. The molecule has 0 aliphatic carbocycles. The highest BCUT2D eigenvalue weighted by molar-refractivity contribution is 14.0. The van der Waals surface area contributed by atoms with E-state index in [1.54, 1.807) is 7.05 Å². The van der Waals surface area contributed by atoms with Gasteiger partial charge in [0.25, 0.3) is 0 Å². The predicted octanol–water partition coefficient (Wildman–Crippen LogP) is 3.99. The zero-order valence-corrected chi connectivity index (χ0v) is 19.7. The van der Waals surface area contributed by atoms with E-state index in [0.29, 0.717) is 19.5 Å². The predicted molar refractivity (Wildman–Crippen MR) is 130 cm³/mol. The van der Waals surface area contributed by atoms with Crippen molar-refractivity contribution in [3.05, 3.63) is 70.2 Å². The van der Waals surface area contributed by atoms with Crippen LogP contribution >= 0.6 is 35.6 Å². The van der Waals surface area contributed by atoms with Gasteiger partial charge in [-0.1, -0.05) is 54.1 Å². The lowest BCUT2D eigenvalue weighted by Gasteiger charge is -2.16. The molecule has 1 heterocycles. The molecule has 3 rings (SSSR count). The van der Waals surface area contributed by atoms with Crippen molar-refractivity contribution >= 4 is 47.4 Å². The van der Waals surface area contributed by atoms with Gasteiger partial charge in [0.1, 0.15) is 0 Å². The Morgan fingerprint density at radius 3 is 2.66 bits per heavy atom. The van der Waals surface area contributed by atoms with Gasteiger partial charge in [-0.05, 0) is 35.6 Å². The largest absolute Gasteiger partial charge is 0.356 e. The molecular weight excluding hydrogens is 499 g/mol. The van der Waals surface area contributed by atoms with Gasteiger partial charge in [0.2, 0.25) is 5.91 Å². The minimum Gasteiger partial charge on any atom is -0.356 e. The third-order valence-electron chi connectivity index (χ3n) is 4.86. The molecule has 2 aromatic carbocycles. The zero-order valence-electron chi connectivity index (χ0n) is 16.7. The van der Waals surface area contributed by atoms with Crippen molar-refractivity contribution in [3.8, 4) is 0 Å². The normalized spacial score (nSPS) is 13.9. The fourth-order valence-electron chi connectivity index (χ4n) is 3.35. The fraction of sp³-hybridized carbons (Fsp3) is 0.364. The number of hydrogen-bond acceptors (Lipinski definition) is 2. The topological polar surface area (TPSA) is 56.7 Å². The van der Waals surface area contributed by atoms with E-state index >= 15 is 0 Å². The van der Waals surface area contributed by atoms with Crippen LogP contribution in [0, 0.1) is 0 Å². The molecule has 0 unspecified atom stereocenters. The molecule has 0 spiro atoms. The highest BCUT2D eigenvalue weighted by Gasteiger charge is 2.19. The van der Waals surface area contributed by atoms with Crippen molar-refractivity contribution in [1.82, 2.24) is 15.5 Å². The van der Waals surface area contributed by atoms with Crippen LogP contribution in [0.5, 0.6) is 0 Å². The number of rotatable bonds is 7. The zero-order chi connectivity index (χ0) is 19.8. The number of guanidine groups is 1. The number of carbonyl (C=O) groups is 1. The van der Waals surface area contributed by atoms with E-state index in [1.165, 1.54) is 0 Å². The SMILES string of the molecule is CN=C(NCCc1ccccc1Cl)NCc1cccc(CN2CCCC2=O)c1.I. The first-order valence-electron chi connectivity index (χ1n) is 9.69. The van der Waals surface area contributed by atoms with E-state index in [-0.39, 0.29) is 29.9 Å². The minimum absolute atomic E-state index is 0. The summed E-state index contributed by atoms with van der Waals surface area (Å²) >= 11 is 6.20. The van der Waals surface area contributed by atoms with E-state index in [4.69, 9.17) is 11.6 Å². The maximum absolute atomic E-state index is 11.8. The van der Waals surface area contributed by atoms with Crippen LogP contribution in [0.25, 0.3) is 0 Å². The molecule has 2 aromatic rings. The van der Waals surface area contributed by atoms with Gasteiger partial charge in [-0.15, -0.1) is 24.0 Å². The first-order valence-corrected chi connectivity index (χ1v) is 10.1. The number of halogens is 2. The average molecular weight is 527 g/mol. The Morgan fingerprint density at radius 1 is 1.14 bits per heavy atom. The maximum atomic E-state index is 11.8. The Balaban J connectivity index is 0.00000300. The first kappa shape index (κ1) is 23.5. The summed E-state index contributed by atoms with van der Waals surface area (Å²) in [5.41, 5.74) is 3.45. The molecule has 0 saturated carbocycles. The fourth-order valence-corrected chi connectivity index (χ4v) is 3.58. The molecule has 2 N–H and O–H groups in total. The molecular formula is C22H28ClIN4O. The quantitative estimate of drug-likeness (QED) is 0.326. The molecule has 1 aliphatic heterocycles. The number of likely N-dealkylation sites (tertiary alicyclic amines) is 1. The Kier molecular flexibility index (Phi) is 9.73. The number of aliphatic imine (C=N–C) groups is 1. The highest BCUT2D eigenvalue weighted by Crippen LogP contribution is 2.16. The van der Waals surface area contributed by atoms with Gasteiger partial charge in [0.15, 0.2) is 5.96 Å². The summed E-state index contributed by atoms with van der Waals surface area (Å²) in [6.45, 7) is 2.98. The average Bonchev–Trinajstić information content (AvgIpc) is 3.10. The van der Waals surface area contributed by atoms with Crippen LogP contribution in [0.1, 0.15) is 29.5 Å². The van der Waals surface area contributed by atoms with E-state index in [2.05, 4.69) is 33.8 Å². The van der Waals surface area contributed by atoms with Crippen molar-refractivity contribution in [1.29, 1.82) is 0 Å². The number of nitrogens with one attached hydrogen (secondary N) is 2. The summed E-state index contributed by atoms with van der Waals surface area (Å²) in [6.07, 6.45) is 2.48. The van der Waals surface area contributed by atoms with Gasteiger partial charge in [-0.25, -0.2) is 0 Å². The Hall–Kier alpha value is -1.80. The van der Waals surface area contributed by atoms with Gasteiger partial charge in [0.05, 0.1) is 0 Å². The smallest absolute Gasteiger partial charge is 0.222 e. The molecule has 0 aromatic heterocycles. The molecule has 156 valence electrons. The molecule has 1 amide bonds. The van der Waals surface area contributed by atoms with Crippen LogP contribution in [0.2, 0.25) is 5.02 Å². The molecule has 1 fully saturated rings. The molecule has 5 nitrogen and oxygen atoms in total. The van der Waals surface area contributed by atoms with Crippen LogP contribution in [-0.2, 0) is 24.3 Å². The van der Waals surface area contributed by atoms with Gasteiger partial charge < -0.3 is 15.5 Å². The van der Waals surface area contributed by atoms with Crippen LogP contribution in [0.15, 0.2) is 53.5 Å². The van der Waals surface area contributed by atoms with Crippen LogP contribution in [0.3, 0.4) is 0 Å². The summed E-state index contributed by atoms with van der Waals surface area (Å²) in [7, 11) is 1.76.